The van der Waals surface area contributed by atoms with Gasteiger partial charge in [0.2, 0.25) is 11.8 Å². The highest BCUT2D eigenvalue weighted by atomic mass is 79.9. The van der Waals surface area contributed by atoms with Crippen LogP contribution in [0.4, 0.5) is 0 Å². The highest BCUT2D eigenvalue weighted by molar-refractivity contribution is 9.10. The van der Waals surface area contributed by atoms with Crippen LogP contribution in [0, 0.1) is 5.92 Å². The number of likely N-dealkylation sites (tertiary alicyclic amines) is 1. The molecule has 1 aromatic carbocycles. The Labute approximate surface area is 139 Å². The van der Waals surface area contributed by atoms with Crippen LogP contribution in [0.25, 0.3) is 0 Å². The van der Waals surface area contributed by atoms with Gasteiger partial charge in [0.1, 0.15) is 0 Å². The molecule has 0 bridgehead atoms. The number of halogens is 1. The Bertz CT molecular complexity index is 542. The van der Waals surface area contributed by atoms with Gasteiger partial charge in [0.25, 0.3) is 0 Å². The summed E-state index contributed by atoms with van der Waals surface area (Å²) in [6.07, 6.45) is 1.48. The Morgan fingerprint density at radius 3 is 2.59 bits per heavy atom. The maximum Gasteiger partial charge on any atom is 0.234 e. The molecule has 1 saturated heterocycles. The third-order valence-corrected chi connectivity index (χ3v) is 4.83. The number of nitrogens with one attached hydrogen (secondary N) is 1. The molecule has 120 valence electrons. The Hall–Kier alpha value is -1.40. The van der Waals surface area contributed by atoms with Gasteiger partial charge in [-0.2, -0.15) is 0 Å². The molecule has 0 aromatic heterocycles. The van der Waals surface area contributed by atoms with Crippen LogP contribution in [0.2, 0.25) is 0 Å². The van der Waals surface area contributed by atoms with Gasteiger partial charge in [0, 0.05) is 10.4 Å². The minimum atomic E-state index is -0.230. The summed E-state index contributed by atoms with van der Waals surface area (Å²) in [5.41, 5.74) is 6.38. The van der Waals surface area contributed by atoms with Crippen molar-refractivity contribution in [2.75, 3.05) is 19.6 Å². The van der Waals surface area contributed by atoms with E-state index in [-0.39, 0.29) is 23.8 Å². The van der Waals surface area contributed by atoms with Crippen molar-refractivity contribution in [1.29, 1.82) is 0 Å². The van der Waals surface area contributed by atoms with E-state index in [2.05, 4.69) is 26.1 Å². The largest absolute Gasteiger partial charge is 0.369 e. The van der Waals surface area contributed by atoms with E-state index in [4.69, 9.17) is 5.73 Å². The molecular formula is C16H22BrN3O2. The molecule has 6 heteroatoms. The smallest absolute Gasteiger partial charge is 0.234 e. The van der Waals surface area contributed by atoms with Gasteiger partial charge >= 0.3 is 0 Å². The Balaban J connectivity index is 1.81. The third-order valence-electron chi connectivity index (χ3n) is 4.11. The first-order valence-electron chi connectivity index (χ1n) is 7.53. The van der Waals surface area contributed by atoms with Crippen LogP contribution >= 0.6 is 15.9 Å². The van der Waals surface area contributed by atoms with Crippen LogP contribution in [0.1, 0.15) is 31.4 Å². The number of benzene rings is 1. The Morgan fingerprint density at radius 1 is 1.36 bits per heavy atom. The van der Waals surface area contributed by atoms with Crippen molar-refractivity contribution in [2.24, 2.45) is 11.7 Å². The van der Waals surface area contributed by atoms with E-state index in [0.29, 0.717) is 6.54 Å². The second-order valence-electron chi connectivity index (χ2n) is 5.76. The van der Waals surface area contributed by atoms with Crippen LogP contribution in [0.3, 0.4) is 0 Å². The lowest BCUT2D eigenvalue weighted by Crippen LogP contribution is -2.44. The quantitative estimate of drug-likeness (QED) is 0.833. The summed E-state index contributed by atoms with van der Waals surface area (Å²) in [6, 6.07) is 7.81. The molecule has 0 radical (unpaired) electrons. The van der Waals surface area contributed by atoms with E-state index >= 15 is 0 Å². The number of carbonyl (C=O) groups is 2. The normalized spacial score (nSPS) is 17.9. The molecule has 1 aromatic rings. The van der Waals surface area contributed by atoms with Crippen molar-refractivity contribution in [3.05, 3.63) is 34.3 Å². The van der Waals surface area contributed by atoms with Crippen LogP contribution in [0.15, 0.2) is 28.7 Å². The summed E-state index contributed by atoms with van der Waals surface area (Å²) in [6.45, 7) is 3.81. The van der Waals surface area contributed by atoms with Crippen LogP contribution in [-0.2, 0) is 9.59 Å². The van der Waals surface area contributed by atoms with Crippen molar-refractivity contribution in [3.63, 3.8) is 0 Å². The lowest BCUT2D eigenvalue weighted by atomic mass is 9.96. The van der Waals surface area contributed by atoms with Crippen LogP contribution in [0.5, 0.6) is 0 Å². The van der Waals surface area contributed by atoms with E-state index in [1.807, 2.05) is 31.2 Å². The summed E-state index contributed by atoms with van der Waals surface area (Å²) in [5.74, 6) is -0.272. The number of piperidine rings is 1. The number of rotatable bonds is 5. The van der Waals surface area contributed by atoms with Gasteiger partial charge < -0.3 is 11.1 Å². The molecule has 5 nitrogen and oxygen atoms in total. The Morgan fingerprint density at radius 2 is 2.00 bits per heavy atom. The van der Waals surface area contributed by atoms with Gasteiger partial charge in [-0.05, 0) is 44.5 Å². The maximum atomic E-state index is 12.2. The van der Waals surface area contributed by atoms with Gasteiger partial charge in [0.05, 0.1) is 12.6 Å². The molecule has 3 N–H and O–H groups in total. The third kappa shape index (κ3) is 4.55. The lowest BCUT2D eigenvalue weighted by Gasteiger charge is -2.30. The van der Waals surface area contributed by atoms with Crippen LogP contribution < -0.4 is 11.1 Å². The minimum absolute atomic E-state index is 0.000720. The van der Waals surface area contributed by atoms with E-state index in [1.165, 1.54) is 0 Å². The number of hydrogen-bond acceptors (Lipinski definition) is 3. The molecule has 1 aliphatic heterocycles. The van der Waals surface area contributed by atoms with Crippen molar-refractivity contribution in [2.45, 2.75) is 25.8 Å². The van der Waals surface area contributed by atoms with Gasteiger partial charge in [-0.25, -0.2) is 0 Å². The molecule has 0 unspecified atom stereocenters. The summed E-state index contributed by atoms with van der Waals surface area (Å²) >= 11 is 3.50. The average Bonchev–Trinajstić information content (AvgIpc) is 2.48. The molecular weight excluding hydrogens is 346 g/mol. The summed E-state index contributed by atoms with van der Waals surface area (Å²) in [4.78, 5) is 25.4. The highest BCUT2D eigenvalue weighted by Gasteiger charge is 2.24. The van der Waals surface area contributed by atoms with Crippen molar-refractivity contribution in [3.8, 4) is 0 Å². The van der Waals surface area contributed by atoms with Crippen molar-refractivity contribution < 1.29 is 9.59 Å². The number of nitrogens with two attached hydrogens (primary N) is 1. The van der Waals surface area contributed by atoms with E-state index < -0.39 is 0 Å². The molecule has 1 atom stereocenters. The van der Waals surface area contributed by atoms with Crippen molar-refractivity contribution in [1.82, 2.24) is 10.2 Å². The average molecular weight is 368 g/mol. The molecule has 1 aliphatic rings. The monoisotopic (exact) mass is 367 g/mol. The molecule has 0 spiro atoms. The first kappa shape index (κ1) is 17.0. The number of hydrogen-bond donors (Lipinski definition) is 2. The fourth-order valence-electron chi connectivity index (χ4n) is 2.77. The number of carbonyl (C=O) groups excluding carboxylic acids is 2. The number of nitrogens with zero attached hydrogens (tertiary/aromatic N) is 1. The van der Waals surface area contributed by atoms with Gasteiger partial charge in [-0.1, -0.05) is 34.1 Å². The summed E-state index contributed by atoms with van der Waals surface area (Å²) < 4.78 is 0.991. The van der Waals surface area contributed by atoms with Gasteiger partial charge in [0.15, 0.2) is 0 Å². The first-order chi connectivity index (χ1) is 10.5. The molecule has 0 saturated carbocycles. The van der Waals surface area contributed by atoms with E-state index in [1.54, 1.807) is 0 Å². The SMILES string of the molecule is C[C@H](NC(=O)CN1CCC(C(N)=O)CC1)c1ccccc1Br. The topological polar surface area (TPSA) is 75.4 Å². The fourth-order valence-corrected chi connectivity index (χ4v) is 3.40. The second kappa shape index (κ2) is 7.74. The maximum absolute atomic E-state index is 12.2. The number of amides is 2. The Kier molecular flexibility index (Phi) is 5.97. The minimum Gasteiger partial charge on any atom is -0.369 e. The van der Waals surface area contributed by atoms with E-state index in [9.17, 15) is 9.59 Å². The van der Waals surface area contributed by atoms with Crippen molar-refractivity contribution >= 4 is 27.7 Å². The van der Waals surface area contributed by atoms with Crippen LogP contribution in [-0.4, -0.2) is 36.3 Å². The molecule has 0 aliphatic carbocycles. The first-order valence-corrected chi connectivity index (χ1v) is 8.32. The molecule has 22 heavy (non-hydrogen) atoms. The lowest BCUT2D eigenvalue weighted by molar-refractivity contribution is -0.124. The van der Waals surface area contributed by atoms with Gasteiger partial charge in [-0.3, -0.25) is 14.5 Å². The highest BCUT2D eigenvalue weighted by Crippen LogP contribution is 2.22. The fraction of sp³-hybridized carbons (Fsp3) is 0.500. The molecule has 1 heterocycles. The number of primary amides is 1. The standard InChI is InChI=1S/C16H22BrN3O2/c1-11(13-4-2-3-5-14(13)17)19-15(21)10-20-8-6-12(7-9-20)16(18)22/h2-5,11-12H,6-10H2,1H3,(H2,18,22)(H,19,21)/t11-/m0/s1. The predicted octanol–water partition coefficient (Wildman–Crippen LogP) is 1.82. The molecule has 1 fully saturated rings. The zero-order chi connectivity index (χ0) is 16.1. The van der Waals surface area contributed by atoms with Gasteiger partial charge in [-0.15, -0.1) is 0 Å². The summed E-state index contributed by atoms with van der Waals surface area (Å²) in [5, 5.41) is 3.02. The summed E-state index contributed by atoms with van der Waals surface area (Å²) in [7, 11) is 0. The predicted molar refractivity (Wildman–Crippen MR) is 89.1 cm³/mol. The zero-order valence-corrected chi connectivity index (χ0v) is 14.3. The van der Waals surface area contributed by atoms with E-state index in [0.717, 1.165) is 36.0 Å². The zero-order valence-electron chi connectivity index (χ0n) is 12.7. The second-order valence-corrected chi connectivity index (χ2v) is 6.62. The molecule has 2 rings (SSSR count). The molecule has 2 amide bonds.